The summed E-state index contributed by atoms with van der Waals surface area (Å²) in [6.45, 7) is 10.5. The van der Waals surface area contributed by atoms with E-state index < -0.39 is 10.0 Å². The fourth-order valence-corrected chi connectivity index (χ4v) is 3.93. The van der Waals surface area contributed by atoms with Crippen LogP contribution in [0.5, 0.6) is 0 Å². The maximum Gasteiger partial charge on any atom is 0.248 e. The molecule has 0 atom stereocenters. The number of aryl methyl sites for hydroxylation is 2. The van der Waals surface area contributed by atoms with Gasteiger partial charge in [-0.05, 0) is 41.5 Å². The first-order chi connectivity index (χ1) is 10.00. The molecule has 0 radical (unpaired) electrons. The van der Waals surface area contributed by atoms with E-state index in [0.29, 0.717) is 5.69 Å². The molecule has 0 N–H and O–H groups in total. The average molecular weight is 331 g/mol. The smallest absolute Gasteiger partial charge is 0.248 e. The van der Waals surface area contributed by atoms with Crippen molar-refractivity contribution in [2.24, 2.45) is 0 Å². The van der Waals surface area contributed by atoms with Crippen LogP contribution in [0.2, 0.25) is 0 Å². The Balaban J connectivity index is 3.02. The van der Waals surface area contributed by atoms with Crippen LogP contribution in [-0.2, 0) is 14.8 Å². The summed E-state index contributed by atoms with van der Waals surface area (Å²) >= 11 is 0. The van der Waals surface area contributed by atoms with Crippen molar-refractivity contribution in [3.05, 3.63) is 11.5 Å². The molecule has 0 aliphatic carbocycles. The topological polar surface area (TPSA) is 83.7 Å². The zero-order valence-corrected chi connectivity index (χ0v) is 15.1. The Hall–Kier alpha value is -1.41. The quantitative estimate of drug-likeness (QED) is 0.790. The molecule has 8 heteroatoms. The van der Waals surface area contributed by atoms with Gasteiger partial charge < -0.3 is 9.42 Å². The van der Waals surface area contributed by atoms with Crippen molar-refractivity contribution in [1.82, 2.24) is 14.4 Å². The second-order valence-corrected chi connectivity index (χ2v) is 7.88. The van der Waals surface area contributed by atoms with E-state index in [4.69, 9.17) is 4.52 Å². The number of carbonyl (C=O) groups excluding carboxylic acids is 1. The predicted octanol–water partition coefficient (Wildman–Crippen LogP) is 1.56. The van der Waals surface area contributed by atoms with Gasteiger partial charge in [-0.25, -0.2) is 8.42 Å². The van der Waals surface area contributed by atoms with Gasteiger partial charge in [-0.1, -0.05) is 5.16 Å². The van der Waals surface area contributed by atoms with Crippen LogP contribution in [0.1, 0.15) is 39.1 Å². The molecule has 22 heavy (non-hydrogen) atoms. The predicted molar refractivity (Wildman–Crippen MR) is 82.9 cm³/mol. The highest BCUT2D eigenvalue weighted by Gasteiger charge is 2.31. The maximum absolute atomic E-state index is 12.6. The molecule has 1 heterocycles. The third-order valence-electron chi connectivity index (χ3n) is 3.39. The van der Waals surface area contributed by atoms with E-state index in [1.807, 2.05) is 27.7 Å². The molecule has 1 aromatic rings. The average Bonchev–Trinajstić information content (AvgIpc) is 2.67. The van der Waals surface area contributed by atoms with E-state index in [1.54, 1.807) is 11.8 Å². The summed E-state index contributed by atoms with van der Waals surface area (Å²) in [4.78, 5) is 14.1. The van der Waals surface area contributed by atoms with Crippen LogP contribution < -0.4 is 0 Å². The first-order valence-corrected chi connectivity index (χ1v) is 8.64. The lowest BCUT2D eigenvalue weighted by molar-refractivity contribution is -0.134. The third kappa shape index (κ3) is 3.67. The molecule has 0 aromatic carbocycles. The van der Waals surface area contributed by atoms with Crippen molar-refractivity contribution in [2.45, 2.75) is 58.5 Å². The van der Waals surface area contributed by atoms with Crippen LogP contribution in [-0.4, -0.2) is 54.4 Å². The van der Waals surface area contributed by atoms with Crippen LogP contribution in [0.4, 0.5) is 0 Å². The van der Waals surface area contributed by atoms with Gasteiger partial charge in [-0.3, -0.25) is 4.79 Å². The van der Waals surface area contributed by atoms with Gasteiger partial charge in [0, 0.05) is 19.1 Å². The van der Waals surface area contributed by atoms with E-state index >= 15 is 0 Å². The molecule has 0 fully saturated rings. The minimum absolute atomic E-state index is 0.00247. The van der Waals surface area contributed by atoms with E-state index in [2.05, 4.69) is 5.16 Å². The number of amides is 1. The Morgan fingerprint density at radius 2 is 1.68 bits per heavy atom. The molecule has 1 aromatic heterocycles. The van der Waals surface area contributed by atoms with Crippen LogP contribution in [0.25, 0.3) is 0 Å². The van der Waals surface area contributed by atoms with E-state index in [-0.39, 0.29) is 35.2 Å². The first-order valence-electron chi connectivity index (χ1n) is 7.20. The molecule has 0 bridgehead atoms. The van der Waals surface area contributed by atoms with Crippen LogP contribution >= 0.6 is 0 Å². The molecule has 0 unspecified atom stereocenters. The summed E-state index contributed by atoms with van der Waals surface area (Å²) in [5, 5.41) is 3.66. The Morgan fingerprint density at radius 1 is 1.18 bits per heavy atom. The van der Waals surface area contributed by atoms with Crippen LogP contribution in [0, 0.1) is 13.8 Å². The lowest BCUT2D eigenvalue weighted by Gasteiger charge is -2.32. The zero-order chi connectivity index (χ0) is 17.2. The largest absolute Gasteiger partial charge is 0.360 e. The van der Waals surface area contributed by atoms with Gasteiger partial charge in [0.25, 0.3) is 0 Å². The number of sulfonamides is 1. The van der Waals surface area contributed by atoms with Crippen LogP contribution in [0.15, 0.2) is 9.42 Å². The van der Waals surface area contributed by atoms with Gasteiger partial charge in [-0.15, -0.1) is 0 Å². The van der Waals surface area contributed by atoms with Gasteiger partial charge in [0.1, 0.15) is 10.6 Å². The first kappa shape index (κ1) is 18.6. The maximum atomic E-state index is 12.6. The number of carbonyl (C=O) groups is 1. The fraction of sp³-hybridized carbons (Fsp3) is 0.714. The van der Waals surface area contributed by atoms with E-state index in [0.717, 1.165) is 4.31 Å². The van der Waals surface area contributed by atoms with Crippen molar-refractivity contribution >= 4 is 15.9 Å². The lowest BCUT2D eigenvalue weighted by Crippen LogP contribution is -2.47. The molecule has 0 aliphatic heterocycles. The van der Waals surface area contributed by atoms with Crippen molar-refractivity contribution in [3.63, 3.8) is 0 Å². The highest BCUT2D eigenvalue weighted by atomic mass is 32.2. The third-order valence-corrected chi connectivity index (χ3v) is 5.44. The normalized spacial score (nSPS) is 12.5. The van der Waals surface area contributed by atoms with Crippen molar-refractivity contribution in [2.75, 3.05) is 13.6 Å². The standard InChI is InChI=1S/C14H25N3O4S/c1-9(2)17(10(3)4)13(18)8-16(7)22(19,20)14-11(5)15-21-12(14)6/h9-10H,8H2,1-7H3. The summed E-state index contributed by atoms with van der Waals surface area (Å²) in [5.74, 6) is -0.00999. The number of rotatable bonds is 6. The molecule has 0 saturated heterocycles. The lowest BCUT2D eigenvalue weighted by atomic mass is 10.2. The second-order valence-electron chi connectivity index (χ2n) is 5.90. The Bertz CT molecular complexity index is 607. The van der Waals surface area contributed by atoms with Gasteiger partial charge in [0.15, 0.2) is 5.76 Å². The van der Waals surface area contributed by atoms with Crippen molar-refractivity contribution in [1.29, 1.82) is 0 Å². The Labute approximate surface area is 132 Å². The zero-order valence-electron chi connectivity index (χ0n) is 14.2. The van der Waals surface area contributed by atoms with Crippen molar-refractivity contribution < 1.29 is 17.7 Å². The number of nitrogens with zero attached hydrogens (tertiary/aromatic N) is 3. The number of aromatic nitrogens is 1. The molecule has 0 aliphatic rings. The van der Waals surface area contributed by atoms with Gasteiger partial charge in [0.2, 0.25) is 15.9 Å². The molecule has 7 nitrogen and oxygen atoms in total. The summed E-state index contributed by atoms with van der Waals surface area (Å²) in [6, 6.07) is 0.00494. The molecular weight excluding hydrogens is 306 g/mol. The number of hydrogen-bond donors (Lipinski definition) is 0. The van der Waals surface area contributed by atoms with E-state index in [9.17, 15) is 13.2 Å². The molecule has 0 saturated carbocycles. The molecular formula is C14H25N3O4S. The summed E-state index contributed by atoms with van der Waals surface area (Å²) in [6.07, 6.45) is 0. The summed E-state index contributed by atoms with van der Waals surface area (Å²) in [7, 11) is -2.42. The minimum atomic E-state index is -3.81. The number of likely N-dealkylation sites (N-methyl/N-ethyl adjacent to an activating group) is 1. The fourth-order valence-electron chi connectivity index (χ4n) is 2.53. The molecule has 1 rings (SSSR count). The second kappa shape index (κ2) is 6.78. The summed E-state index contributed by atoms with van der Waals surface area (Å²) in [5.41, 5.74) is 0.293. The van der Waals surface area contributed by atoms with Gasteiger partial charge >= 0.3 is 0 Å². The Morgan fingerprint density at radius 3 is 2.05 bits per heavy atom. The molecule has 0 spiro atoms. The SMILES string of the molecule is Cc1noc(C)c1S(=O)(=O)N(C)CC(=O)N(C(C)C)C(C)C. The Kier molecular flexibility index (Phi) is 5.75. The highest BCUT2D eigenvalue weighted by Crippen LogP contribution is 2.22. The summed E-state index contributed by atoms with van der Waals surface area (Å²) < 4.78 is 31.1. The highest BCUT2D eigenvalue weighted by molar-refractivity contribution is 7.89. The monoisotopic (exact) mass is 331 g/mol. The van der Waals surface area contributed by atoms with Gasteiger partial charge in [-0.2, -0.15) is 4.31 Å². The molecule has 1 amide bonds. The molecule has 126 valence electrons. The van der Waals surface area contributed by atoms with E-state index in [1.165, 1.54) is 14.0 Å². The number of hydrogen-bond acceptors (Lipinski definition) is 5. The van der Waals surface area contributed by atoms with Crippen LogP contribution in [0.3, 0.4) is 0 Å². The van der Waals surface area contributed by atoms with Crippen molar-refractivity contribution in [3.8, 4) is 0 Å². The minimum Gasteiger partial charge on any atom is -0.360 e. The van der Waals surface area contributed by atoms with Gasteiger partial charge in [0.05, 0.1) is 6.54 Å².